The fourth-order valence-corrected chi connectivity index (χ4v) is 5.27. The lowest BCUT2D eigenvalue weighted by Gasteiger charge is -2.30. The number of alkyl carbamates (subject to hydrolysis) is 1. The Bertz CT molecular complexity index is 1360. The Morgan fingerprint density at radius 1 is 1.10 bits per heavy atom. The summed E-state index contributed by atoms with van der Waals surface area (Å²) in [5, 5.41) is 6.89. The number of halogens is 2. The molecule has 2 aliphatic rings. The minimum atomic E-state index is -0.703. The summed E-state index contributed by atoms with van der Waals surface area (Å²) in [6.07, 6.45) is 5.17. The van der Waals surface area contributed by atoms with E-state index >= 15 is 0 Å². The fraction of sp³-hybridized carbons (Fsp3) is 0.552. The highest BCUT2D eigenvalue weighted by atomic mass is 19.1. The molecule has 0 spiro atoms. The molecule has 1 N–H and O–H groups in total. The van der Waals surface area contributed by atoms with Crippen LogP contribution in [0, 0.1) is 17.6 Å². The minimum Gasteiger partial charge on any atom is -0.490 e. The second-order valence-corrected chi connectivity index (χ2v) is 11.7. The molecule has 2 aliphatic heterocycles. The summed E-state index contributed by atoms with van der Waals surface area (Å²) in [6, 6.07) is 2.78. The zero-order valence-electron chi connectivity index (χ0n) is 24.3. The quantitative estimate of drug-likeness (QED) is 0.405. The Morgan fingerprint density at radius 3 is 2.50 bits per heavy atom. The highest BCUT2D eigenvalue weighted by Gasteiger charge is 2.38. The predicted octanol–water partition coefficient (Wildman–Crippen LogP) is 4.49. The van der Waals surface area contributed by atoms with Gasteiger partial charge in [0.15, 0.2) is 5.75 Å². The Balaban J connectivity index is 1.19. The van der Waals surface area contributed by atoms with Crippen molar-refractivity contribution >= 4 is 18.0 Å². The molecule has 0 aliphatic carbocycles. The molecule has 0 unspecified atom stereocenters. The van der Waals surface area contributed by atoms with Crippen LogP contribution >= 0.6 is 0 Å². The molecule has 0 radical (unpaired) electrons. The number of nitrogens with zero attached hydrogens (tertiary/aromatic N) is 6. The van der Waals surface area contributed by atoms with E-state index in [2.05, 4.69) is 30.3 Å². The van der Waals surface area contributed by atoms with Gasteiger partial charge in [-0.25, -0.2) is 23.5 Å². The average molecular weight is 586 g/mol. The van der Waals surface area contributed by atoms with Crippen LogP contribution in [-0.2, 0) is 11.2 Å². The number of aryl methyl sites for hydroxylation is 1. The SMILES string of the molecule is CCc1nc(N2CCC(COc3cnc(N4C[C@H](NC(=O)OC(C)(C)C)[C@@H](c5cc(F)ccc5F)C4)nc3)CC2)no1. The number of aromatic nitrogens is 4. The van der Waals surface area contributed by atoms with E-state index in [-0.39, 0.29) is 12.1 Å². The number of amides is 1. The van der Waals surface area contributed by atoms with Crippen molar-refractivity contribution < 1.29 is 27.6 Å². The first kappa shape index (κ1) is 29.5. The van der Waals surface area contributed by atoms with Crippen LogP contribution in [0.1, 0.15) is 57.9 Å². The molecule has 5 rings (SSSR count). The number of hydrogen-bond donors (Lipinski definition) is 1. The van der Waals surface area contributed by atoms with Gasteiger partial charge >= 0.3 is 6.09 Å². The Morgan fingerprint density at radius 2 is 1.83 bits per heavy atom. The molecule has 11 nitrogen and oxygen atoms in total. The summed E-state index contributed by atoms with van der Waals surface area (Å²) in [5.41, 5.74) is -0.528. The number of carbonyl (C=O) groups excluding carboxylic acids is 1. The van der Waals surface area contributed by atoms with Crippen molar-refractivity contribution in [3.63, 3.8) is 0 Å². The second-order valence-electron chi connectivity index (χ2n) is 11.7. The lowest BCUT2D eigenvalue weighted by Crippen LogP contribution is -2.43. The predicted molar refractivity (Wildman–Crippen MR) is 151 cm³/mol. The summed E-state index contributed by atoms with van der Waals surface area (Å²) < 4.78 is 45.4. The molecule has 226 valence electrons. The van der Waals surface area contributed by atoms with Gasteiger partial charge in [0.25, 0.3) is 5.95 Å². The number of carbonyl (C=O) groups is 1. The molecule has 0 bridgehead atoms. The largest absolute Gasteiger partial charge is 0.490 e. The maximum atomic E-state index is 14.8. The zero-order chi connectivity index (χ0) is 29.9. The molecular weight excluding hydrogens is 548 g/mol. The number of ether oxygens (including phenoxy) is 2. The monoisotopic (exact) mass is 585 g/mol. The Labute approximate surface area is 243 Å². The first-order valence-corrected chi connectivity index (χ1v) is 14.3. The fourth-order valence-electron chi connectivity index (χ4n) is 5.27. The van der Waals surface area contributed by atoms with Crippen LogP contribution in [-0.4, -0.2) is 70.6 Å². The molecule has 2 fully saturated rings. The van der Waals surface area contributed by atoms with Gasteiger partial charge in [0, 0.05) is 38.5 Å². The third-order valence-corrected chi connectivity index (χ3v) is 7.42. The molecular formula is C29H37F2N7O4. The lowest BCUT2D eigenvalue weighted by molar-refractivity contribution is 0.0504. The van der Waals surface area contributed by atoms with Crippen LogP contribution < -0.4 is 19.9 Å². The van der Waals surface area contributed by atoms with Crippen LogP contribution in [0.4, 0.5) is 25.5 Å². The smallest absolute Gasteiger partial charge is 0.407 e. The van der Waals surface area contributed by atoms with Gasteiger partial charge in [0.1, 0.15) is 17.2 Å². The minimum absolute atomic E-state index is 0.176. The molecule has 13 heteroatoms. The number of hydrogen-bond acceptors (Lipinski definition) is 10. The van der Waals surface area contributed by atoms with E-state index in [0.717, 1.165) is 38.1 Å². The summed E-state index contributed by atoms with van der Waals surface area (Å²) in [4.78, 5) is 29.9. The maximum absolute atomic E-state index is 14.8. The molecule has 42 heavy (non-hydrogen) atoms. The van der Waals surface area contributed by atoms with E-state index in [0.29, 0.717) is 49.0 Å². The first-order chi connectivity index (χ1) is 20.1. The third-order valence-electron chi connectivity index (χ3n) is 7.42. The van der Waals surface area contributed by atoms with Gasteiger partial charge in [-0.3, -0.25) is 0 Å². The van der Waals surface area contributed by atoms with Crippen molar-refractivity contribution in [2.75, 3.05) is 42.6 Å². The van der Waals surface area contributed by atoms with Crippen molar-refractivity contribution in [2.24, 2.45) is 5.92 Å². The normalized spacial score (nSPS) is 19.7. The summed E-state index contributed by atoms with van der Waals surface area (Å²) >= 11 is 0. The van der Waals surface area contributed by atoms with Crippen LogP contribution in [0.5, 0.6) is 5.75 Å². The second kappa shape index (κ2) is 12.5. The zero-order valence-corrected chi connectivity index (χ0v) is 24.3. The standard InChI is InChI=1S/C29H37F2N7O4/c1-5-25-35-27(36-42-25)37-10-8-18(9-11-37)17-40-20-13-32-26(33-14-20)38-15-22(21-12-19(30)6-7-23(21)31)24(16-38)34-28(39)41-29(2,3)4/h6-7,12-14,18,22,24H,5,8-11,15-17H2,1-4H3,(H,34,39)/t22-,24+/m1/s1. The summed E-state index contributed by atoms with van der Waals surface area (Å²) in [6.45, 7) is 10.0. The molecule has 0 saturated carbocycles. The van der Waals surface area contributed by atoms with E-state index in [1.54, 1.807) is 33.2 Å². The van der Waals surface area contributed by atoms with E-state index in [4.69, 9.17) is 14.0 Å². The molecule has 1 amide bonds. The van der Waals surface area contributed by atoms with Gasteiger partial charge in [-0.05, 0) is 68.4 Å². The Kier molecular flexibility index (Phi) is 8.74. The van der Waals surface area contributed by atoms with E-state index in [9.17, 15) is 13.6 Å². The Hall–Kier alpha value is -4.03. The molecule has 2 atom stereocenters. The third kappa shape index (κ3) is 7.24. The number of nitrogens with one attached hydrogen (secondary N) is 1. The van der Waals surface area contributed by atoms with Crippen molar-refractivity contribution in [2.45, 2.75) is 64.5 Å². The van der Waals surface area contributed by atoms with Gasteiger partial charge in [0.2, 0.25) is 11.8 Å². The number of benzene rings is 1. The van der Waals surface area contributed by atoms with Crippen LogP contribution in [0.15, 0.2) is 35.1 Å². The van der Waals surface area contributed by atoms with Crippen LogP contribution in [0.25, 0.3) is 0 Å². The van der Waals surface area contributed by atoms with Gasteiger partial charge in [-0.2, -0.15) is 4.98 Å². The molecule has 3 aromatic rings. The number of anilines is 2. The van der Waals surface area contributed by atoms with E-state index < -0.39 is 35.3 Å². The van der Waals surface area contributed by atoms with Crippen LogP contribution in [0.3, 0.4) is 0 Å². The van der Waals surface area contributed by atoms with Crippen molar-refractivity contribution in [3.8, 4) is 5.75 Å². The molecule has 4 heterocycles. The van der Waals surface area contributed by atoms with Gasteiger partial charge in [-0.1, -0.05) is 6.92 Å². The molecule has 1 aromatic carbocycles. The summed E-state index contributed by atoms with van der Waals surface area (Å²) in [5.74, 6) is 0.961. The van der Waals surface area contributed by atoms with Crippen molar-refractivity contribution in [1.29, 1.82) is 0 Å². The summed E-state index contributed by atoms with van der Waals surface area (Å²) in [7, 11) is 0. The first-order valence-electron chi connectivity index (χ1n) is 14.3. The van der Waals surface area contributed by atoms with E-state index in [1.807, 2.05) is 11.8 Å². The molecule has 2 saturated heterocycles. The highest BCUT2D eigenvalue weighted by Crippen LogP contribution is 2.32. The van der Waals surface area contributed by atoms with Gasteiger partial charge in [0.05, 0.1) is 25.0 Å². The van der Waals surface area contributed by atoms with Gasteiger partial charge < -0.3 is 29.1 Å². The van der Waals surface area contributed by atoms with E-state index in [1.165, 1.54) is 6.07 Å². The van der Waals surface area contributed by atoms with Gasteiger partial charge in [-0.15, -0.1) is 0 Å². The molecule has 2 aromatic heterocycles. The maximum Gasteiger partial charge on any atom is 0.407 e. The topological polar surface area (TPSA) is 119 Å². The number of piperidine rings is 1. The van der Waals surface area contributed by atoms with Crippen molar-refractivity contribution in [3.05, 3.63) is 53.7 Å². The van der Waals surface area contributed by atoms with Crippen LogP contribution in [0.2, 0.25) is 0 Å². The van der Waals surface area contributed by atoms with Crippen molar-refractivity contribution in [1.82, 2.24) is 25.4 Å². The highest BCUT2D eigenvalue weighted by molar-refractivity contribution is 5.68. The average Bonchev–Trinajstić information content (AvgIpc) is 3.60. The number of rotatable bonds is 8. The lowest BCUT2D eigenvalue weighted by atomic mass is 9.94.